The predicted molar refractivity (Wildman–Crippen MR) is 68.1 cm³/mol. The first kappa shape index (κ1) is 11.2. The van der Waals surface area contributed by atoms with Gasteiger partial charge >= 0.3 is 0 Å². The summed E-state index contributed by atoms with van der Waals surface area (Å²) in [5.41, 5.74) is 1.20. The summed E-state index contributed by atoms with van der Waals surface area (Å²) in [6.07, 6.45) is 3.71. The number of nitrogens with one attached hydrogen (secondary N) is 1. The first-order valence-corrected chi connectivity index (χ1v) is 6.08. The van der Waals surface area contributed by atoms with Crippen LogP contribution in [0.3, 0.4) is 0 Å². The maximum Gasteiger partial charge on any atom is 0.152 e. The summed E-state index contributed by atoms with van der Waals surface area (Å²) in [5, 5.41) is 11.2. The fourth-order valence-corrected chi connectivity index (χ4v) is 2.17. The van der Waals surface area contributed by atoms with Crippen LogP contribution >= 0.6 is 0 Å². The molecular formula is C12H16N6. The van der Waals surface area contributed by atoms with E-state index in [2.05, 4.69) is 42.1 Å². The Morgan fingerprint density at radius 3 is 3.06 bits per heavy atom. The number of hydrogen-bond acceptors (Lipinski definition) is 5. The molecule has 18 heavy (non-hydrogen) atoms. The van der Waals surface area contributed by atoms with E-state index >= 15 is 0 Å². The highest BCUT2D eigenvalue weighted by Crippen LogP contribution is 2.17. The standard InChI is InChI=1S/C12H16N6/c1-13-6-10-2-3-11(14-7-10)17-4-5-18-9-15-16-12(18)8-17/h2-3,7,9,13H,4-6,8H2,1H3. The smallest absolute Gasteiger partial charge is 0.152 e. The number of anilines is 1. The fourth-order valence-electron chi connectivity index (χ4n) is 2.17. The number of rotatable bonds is 3. The van der Waals surface area contributed by atoms with Gasteiger partial charge in [0, 0.05) is 25.8 Å². The van der Waals surface area contributed by atoms with Crippen LogP contribution in [0.15, 0.2) is 24.7 Å². The van der Waals surface area contributed by atoms with Crippen LogP contribution < -0.4 is 10.2 Å². The fraction of sp³-hybridized carbons (Fsp3) is 0.417. The number of nitrogens with zero attached hydrogens (tertiary/aromatic N) is 5. The summed E-state index contributed by atoms with van der Waals surface area (Å²) in [6.45, 7) is 3.49. The van der Waals surface area contributed by atoms with Crippen molar-refractivity contribution in [2.75, 3.05) is 18.5 Å². The van der Waals surface area contributed by atoms with Crippen molar-refractivity contribution in [2.45, 2.75) is 19.6 Å². The van der Waals surface area contributed by atoms with Gasteiger partial charge < -0.3 is 14.8 Å². The van der Waals surface area contributed by atoms with Gasteiger partial charge in [-0.3, -0.25) is 0 Å². The molecule has 2 aromatic rings. The summed E-state index contributed by atoms with van der Waals surface area (Å²) in [6, 6.07) is 4.18. The van der Waals surface area contributed by atoms with Crippen LogP contribution in [0, 0.1) is 0 Å². The number of pyridine rings is 1. The first-order valence-electron chi connectivity index (χ1n) is 6.08. The van der Waals surface area contributed by atoms with Crippen molar-refractivity contribution in [3.05, 3.63) is 36.0 Å². The third-order valence-corrected chi connectivity index (χ3v) is 3.15. The van der Waals surface area contributed by atoms with E-state index in [1.807, 2.05) is 13.2 Å². The number of aromatic nitrogens is 4. The van der Waals surface area contributed by atoms with Gasteiger partial charge in [-0.25, -0.2) is 4.98 Å². The van der Waals surface area contributed by atoms with Gasteiger partial charge in [-0.15, -0.1) is 10.2 Å². The van der Waals surface area contributed by atoms with Gasteiger partial charge in [-0.1, -0.05) is 6.07 Å². The molecule has 0 atom stereocenters. The molecule has 0 saturated heterocycles. The third-order valence-electron chi connectivity index (χ3n) is 3.15. The van der Waals surface area contributed by atoms with E-state index in [1.54, 1.807) is 6.33 Å². The van der Waals surface area contributed by atoms with E-state index in [-0.39, 0.29) is 0 Å². The van der Waals surface area contributed by atoms with Gasteiger partial charge in [-0.05, 0) is 18.7 Å². The summed E-state index contributed by atoms with van der Waals surface area (Å²) in [5.74, 6) is 2.01. The summed E-state index contributed by atoms with van der Waals surface area (Å²) in [4.78, 5) is 6.74. The summed E-state index contributed by atoms with van der Waals surface area (Å²) >= 11 is 0. The molecule has 0 aromatic carbocycles. The summed E-state index contributed by atoms with van der Waals surface area (Å²) < 4.78 is 2.09. The zero-order chi connectivity index (χ0) is 12.4. The van der Waals surface area contributed by atoms with Crippen LogP contribution in [0.2, 0.25) is 0 Å². The monoisotopic (exact) mass is 244 g/mol. The molecule has 0 saturated carbocycles. The molecule has 94 valence electrons. The molecule has 0 spiro atoms. The Bertz CT molecular complexity index is 518. The van der Waals surface area contributed by atoms with Crippen LogP contribution in [0.25, 0.3) is 0 Å². The van der Waals surface area contributed by atoms with Crippen LogP contribution in [-0.2, 0) is 19.6 Å². The third kappa shape index (κ3) is 2.06. The highest BCUT2D eigenvalue weighted by Gasteiger charge is 2.18. The maximum absolute atomic E-state index is 4.51. The van der Waals surface area contributed by atoms with Crippen molar-refractivity contribution in [3.63, 3.8) is 0 Å². The molecule has 0 radical (unpaired) electrons. The molecule has 0 amide bonds. The molecule has 1 aliphatic heterocycles. The molecule has 0 unspecified atom stereocenters. The highest BCUT2D eigenvalue weighted by atomic mass is 15.3. The van der Waals surface area contributed by atoms with E-state index in [9.17, 15) is 0 Å². The quantitative estimate of drug-likeness (QED) is 0.847. The van der Waals surface area contributed by atoms with Crippen molar-refractivity contribution in [3.8, 4) is 0 Å². The minimum atomic E-state index is 0.776. The Morgan fingerprint density at radius 1 is 1.33 bits per heavy atom. The molecule has 1 aliphatic rings. The van der Waals surface area contributed by atoms with Crippen LogP contribution in [0.5, 0.6) is 0 Å². The molecule has 6 nitrogen and oxygen atoms in total. The zero-order valence-corrected chi connectivity index (χ0v) is 10.4. The molecular weight excluding hydrogens is 228 g/mol. The van der Waals surface area contributed by atoms with Crippen molar-refractivity contribution < 1.29 is 0 Å². The molecule has 6 heteroatoms. The largest absolute Gasteiger partial charge is 0.347 e. The average Bonchev–Trinajstić information content (AvgIpc) is 2.87. The Labute approximate surface area is 106 Å². The molecule has 0 bridgehead atoms. The van der Waals surface area contributed by atoms with Crippen LogP contribution in [-0.4, -0.2) is 33.3 Å². The molecule has 3 rings (SSSR count). The van der Waals surface area contributed by atoms with Gasteiger partial charge in [0.2, 0.25) is 0 Å². The zero-order valence-electron chi connectivity index (χ0n) is 10.4. The number of hydrogen-bond donors (Lipinski definition) is 1. The van der Waals surface area contributed by atoms with Crippen molar-refractivity contribution >= 4 is 5.82 Å². The lowest BCUT2D eigenvalue weighted by molar-refractivity contribution is 0.556. The lowest BCUT2D eigenvalue weighted by Crippen LogP contribution is -2.34. The highest BCUT2D eigenvalue weighted by molar-refractivity contribution is 5.40. The van der Waals surface area contributed by atoms with Crippen molar-refractivity contribution in [2.24, 2.45) is 0 Å². The van der Waals surface area contributed by atoms with Gasteiger partial charge in [0.25, 0.3) is 0 Å². The average molecular weight is 244 g/mol. The van der Waals surface area contributed by atoms with E-state index in [1.165, 1.54) is 5.56 Å². The van der Waals surface area contributed by atoms with Gasteiger partial charge in [0.15, 0.2) is 5.82 Å². The molecule has 2 aromatic heterocycles. The maximum atomic E-state index is 4.51. The molecule has 3 heterocycles. The van der Waals surface area contributed by atoms with E-state index in [0.717, 1.165) is 37.8 Å². The van der Waals surface area contributed by atoms with Crippen LogP contribution in [0.1, 0.15) is 11.4 Å². The predicted octanol–water partition coefficient (Wildman–Crippen LogP) is 0.413. The lowest BCUT2D eigenvalue weighted by atomic mass is 10.2. The molecule has 1 N–H and O–H groups in total. The topological polar surface area (TPSA) is 58.9 Å². The minimum Gasteiger partial charge on any atom is -0.347 e. The molecule has 0 aliphatic carbocycles. The Balaban J connectivity index is 1.76. The van der Waals surface area contributed by atoms with E-state index in [0.29, 0.717) is 0 Å². The SMILES string of the molecule is CNCc1ccc(N2CCn3cnnc3C2)nc1. The van der Waals surface area contributed by atoms with Gasteiger partial charge in [0.05, 0.1) is 6.54 Å². The second-order valence-electron chi connectivity index (χ2n) is 4.42. The first-order chi connectivity index (χ1) is 8.86. The molecule has 0 fully saturated rings. The number of fused-ring (bicyclic) bond motifs is 1. The summed E-state index contributed by atoms with van der Waals surface area (Å²) in [7, 11) is 1.94. The van der Waals surface area contributed by atoms with Gasteiger partial charge in [-0.2, -0.15) is 0 Å². The Kier molecular flexibility index (Phi) is 2.93. The van der Waals surface area contributed by atoms with Crippen molar-refractivity contribution in [1.29, 1.82) is 0 Å². The second kappa shape index (κ2) is 4.73. The van der Waals surface area contributed by atoms with Gasteiger partial charge in [0.1, 0.15) is 12.1 Å². The Morgan fingerprint density at radius 2 is 2.28 bits per heavy atom. The normalized spacial score (nSPS) is 14.6. The lowest BCUT2D eigenvalue weighted by Gasteiger charge is -2.28. The van der Waals surface area contributed by atoms with Crippen LogP contribution in [0.4, 0.5) is 5.82 Å². The Hall–Kier alpha value is -1.95. The van der Waals surface area contributed by atoms with Crippen molar-refractivity contribution in [1.82, 2.24) is 25.1 Å². The van der Waals surface area contributed by atoms with E-state index in [4.69, 9.17) is 0 Å². The van der Waals surface area contributed by atoms with E-state index < -0.39 is 0 Å². The minimum absolute atomic E-state index is 0.776. The second-order valence-corrected chi connectivity index (χ2v) is 4.42.